The molecule has 4 nitrogen and oxygen atoms in total. The van der Waals surface area contributed by atoms with Gasteiger partial charge in [0.1, 0.15) is 0 Å². The number of rotatable bonds is 6. The van der Waals surface area contributed by atoms with Crippen LogP contribution in [0.3, 0.4) is 0 Å². The Balaban J connectivity index is 2.21. The highest BCUT2D eigenvalue weighted by Gasteiger charge is 2.19. The van der Waals surface area contributed by atoms with Crippen molar-refractivity contribution >= 4 is 17.4 Å². The van der Waals surface area contributed by atoms with Crippen LogP contribution >= 0.6 is 11.8 Å². The molecule has 0 amide bonds. The van der Waals surface area contributed by atoms with Gasteiger partial charge in [0.2, 0.25) is 6.54 Å². The quantitative estimate of drug-likeness (QED) is 0.462. The van der Waals surface area contributed by atoms with Gasteiger partial charge in [0, 0.05) is 29.6 Å². The molecule has 0 N–H and O–H groups in total. The molecule has 0 aliphatic heterocycles. The van der Waals surface area contributed by atoms with Crippen LogP contribution in [0.15, 0.2) is 59.5 Å². The van der Waals surface area contributed by atoms with Gasteiger partial charge in [-0.1, -0.05) is 30.3 Å². The first-order chi connectivity index (χ1) is 10.1. The van der Waals surface area contributed by atoms with Gasteiger partial charge < -0.3 is 4.90 Å². The predicted molar refractivity (Wildman–Crippen MR) is 87.7 cm³/mol. The van der Waals surface area contributed by atoms with Crippen molar-refractivity contribution in [1.29, 1.82) is 0 Å². The lowest BCUT2D eigenvalue weighted by molar-refractivity contribution is -0.479. The maximum absolute atomic E-state index is 10.9. The molecule has 1 atom stereocenters. The molecule has 0 spiro atoms. The average molecular weight is 302 g/mol. The third kappa shape index (κ3) is 4.49. The Labute approximate surface area is 128 Å². The first-order valence-electron chi connectivity index (χ1n) is 6.67. The fourth-order valence-electron chi connectivity index (χ4n) is 2.00. The van der Waals surface area contributed by atoms with Gasteiger partial charge in [-0.05, 0) is 29.8 Å². The third-order valence-electron chi connectivity index (χ3n) is 3.12. The van der Waals surface area contributed by atoms with E-state index in [2.05, 4.69) is 0 Å². The number of hydrogen-bond acceptors (Lipinski definition) is 4. The van der Waals surface area contributed by atoms with Gasteiger partial charge in [-0.2, -0.15) is 0 Å². The van der Waals surface area contributed by atoms with E-state index in [9.17, 15) is 10.1 Å². The summed E-state index contributed by atoms with van der Waals surface area (Å²) in [6.45, 7) is -0.0825. The van der Waals surface area contributed by atoms with Crippen molar-refractivity contribution in [2.45, 2.75) is 10.1 Å². The van der Waals surface area contributed by atoms with Crippen molar-refractivity contribution in [2.24, 2.45) is 0 Å². The highest BCUT2D eigenvalue weighted by molar-refractivity contribution is 7.99. The molecule has 0 saturated heterocycles. The molecule has 21 heavy (non-hydrogen) atoms. The molecule has 0 bridgehead atoms. The molecule has 0 aliphatic carbocycles. The molecule has 0 fully saturated rings. The summed E-state index contributed by atoms with van der Waals surface area (Å²) in [6.07, 6.45) is 0. The van der Waals surface area contributed by atoms with Gasteiger partial charge in [-0.25, -0.2) is 0 Å². The van der Waals surface area contributed by atoms with Gasteiger partial charge in [-0.3, -0.25) is 10.1 Å². The Kier molecular flexibility index (Phi) is 5.22. The molecule has 2 aromatic rings. The Morgan fingerprint density at radius 3 is 2.24 bits per heavy atom. The molecule has 0 aliphatic rings. The molecule has 0 unspecified atom stereocenters. The summed E-state index contributed by atoms with van der Waals surface area (Å²) in [5, 5.41) is 10.8. The van der Waals surface area contributed by atoms with Gasteiger partial charge in [-0.15, -0.1) is 11.8 Å². The highest BCUT2D eigenvalue weighted by atomic mass is 32.2. The zero-order valence-electron chi connectivity index (χ0n) is 12.1. The maximum Gasteiger partial charge on any atom is 0.220 e. The van der Waals surface area contributed by atoms with Crippen LogP contribution in [0.4, 0.5) is 5.69 Å². The molecule has 0 aromatic heterocycles. The van der Waals surface area contributed by atoms with E-state index in [4.69, 9.17) is 0 Å². The number of hydrogen-bond donors (Lipinski definition) is 0. The molecule has 110 valence electrons. The summed E-state index contributed by atoms with van der Waals surface area (Å²) in [6, 6.07) is 17.7. The molecule has 2 aromatic carbocycles. The van der Waals surface area contributed by atoms with E-state index in [1.54, 1.807) is 0 Å². The topological polar surface area (TPSA) is 46.4 Å². The van der Waals surface area contributed by atoms with E-state index in [0.717, 1.165) is 16.1 Å². The highest BCUT2D eigenvalue weighted by Crippen LogP contribution is 2.35. The second-order valence-corrected chi connectivity index (χ2v) is 6.20. The zero-order chi connectivity index (χ0) is 15.2. The lowest BCUT2D eigenvalue weighted by Gasteiger charge is -2.16. The maximum atomic E-state index is 10.9. The Morgan fingerprint density at radius 1 is 1.10 bits per heavy atom. The fraction of sp³-hybridized carbons (Fsp3) is 0.250. The number of anilines is 1. The Bertz CT molecular complexity index is 585. The van der Waals surface area contributed by atoms with Crippen LogP contribution in [0.25, 0.3) is 0 Å². The van der Waals surface area contributed by atoms with Crippen LogP contribution in [0.1, 0.15) is 10.8 Å². The summed E-state index contributed by atoms with van der Waals surface area (Å²) in [7, 11) is 3.95. The first-order valence-corrected chi connectivity index (χ1v) is 7.55. The smallest absolute Gasteiger partial charge is 0.220 e. The minimum absolute atomic E-state index is 0.0825. The summed E-state index contributed by atoms with van der Waals surface area (Å²) in [5.74, 6) is 0. The lowest BCUT2D eigenvalue weighted by atomic mass is 10.1. The Morgan fingerprint density at radius 2 is 1.71 bits per heavy atom. The van der Waals surface area contributed by atoms with Crippen LogP contribution in [-0.2, 0) is 0 Å². The summed E-state index contributed by atoms with van der Waals surface area (Å²) >= 11 is 1.53. The average Bonchev–Trinajstić information content (AvgIpc) is 2.47. The second-order valence-electron chi connectivity index (χ2n) is 4.92. The SMILES string of the molecule is CN(C)c1ccc([C@@H](C[N+](=O)[O-])Sc2ccccc2)cc1. The third-order valence-corrected chi connectivity index (χ3v) is 4.37. The van der Waals surface area contributed by atoms with Gasteiger partial charge in [0.05, 0.1) is 5.25 Å². The number of thioether (sulfide) groups is 1. The van der Waals surface area contributed by atoms with E-state index in [1.807, 2.05) is 73.6 Å². The minimum Gasteiger partial charge on any atom is -0.378 e. The van der Waals surface area contributed by atoms with Crippen LogP contribution in [0.5, 0.6) is 0 Å². The largest absolute Gasteiger partial charge is 0.378 e. The van der Waals surface area contributed by atoms with Gasteiger partial charge >= 0.3 is 0 Å². The van der Waals surface area contributed by atoms with E-state index >= 15 is 0 Å². The first kappa shape index (κ1) is 15.4. The summed E-state index contributed by atoms with van der Waals surface area (Å²) < 4.78 is 0. The number of nitro groups is 1. The van der Waals surface area contributed by atoms with Crippen LogP contribution < -0.4 is 4.90 Å². The monoisotopic (exact) mass is 302 g/mol. The molecule has 0 radical (unpaired) electrons. The van der Waals surface area contributed by atoms with Crippen molar-refractivity contribution in [2.75, 3.05) is 25.5 Å². The second kappa shape index (κ2) is 7.13. The van der Waals surface area contributed by atoms with Crippen LogP contribution in [0.2, 0.25) is 0 Å². The Hall–Kier alpha value is -2.01. The number of nitrogens with zero attached hydrogens (tertiary/aromatic N) is 2. The molecule has 2 rings (SSSR count). The predicted octanol–water partition coefficient (Wildman–Crippen LogP) is 3.86. The standard InChI is InChI=1S/C16H18N2O2S/c1-17(2)14-10-8-13(9-11-14)16(12-18(19)20)21-15-6-4-3-5-7-15/h3-11,16H,12H2,1-2H3/t16-/m1/s1. The molecule has 0 saturated carbocycles. The number of benzene rings is 2. The molecule has 5 heteroatoms. The van der Waals surface area contributed by atoms with Crippen molar-refractivity contribution < 1.29 is 4.92 Å². The van der Waals surface area contributed by atoms with E-state index < -0.39 is 0 Å². The molecular formula is C16H18N2O2S. The van der Waals surface area contributed by atoms with E-state index in [1.165, 1.54) is 11.8 Å². The van der Waals surface area contributed by atoms with Crippen molar-refractivity contribution in [3.63, 3.8) is 0 Å². The normalized spacial score (nSPS) is 11.9. The molecular weight excluding hydrogens is 284 g/mol. The summed E-state index contributed by atoms with van der Waals surface area (Å²) in [5.41, 5.74) is 2.06. The van der Waals surface area contributed by atoms with Gasteiger partial charge in [0.25, 0.3) is 0 Å². The lowest BCUT2D eigenvalue weighted by Crippen LogP contribution is -2.11. The van der Waals surface area contributed by atoms with Gasteiger partial charge in [0.15, 0.2) is 0 Å². The van der Waals surface area contributed by atoms with Crippen molar-refractivity contribution in [1.82, 2.24) is 0 Å². The fourth-order valence-corrected chi connectivity index (χ4v) is 3.13. The van der Waals surface area contributed by atoms with E-state index in [-0.39, 0.29) is 16.7 Å². The minimum atomic E-state index is -0.250. The van der Waals surface area contributed by atoms with E-state index in [0.29, 0.717) is 0 Å². The van der Waals surface area contributed by atoms with Crippen LogP contribution in [0, 0.1) is 10.1 Å². The van der Waals surface area contributed by atoms with Crippen LogP contribution in [-0.4, -0.2) is 25.6 Å². The van der Waals surface area contributed by atoms with Crippen molar-refractivity contribution in [3.05, 3.63) is 70.3 Å². The summed E-state index contributed by atoms with van der Waals surface area (Å²) in [4.78, 5) is 13.7. The van der Waals surface area contributed by atoms with Crippen molar-refractivity contribution in [3.8, 4) is 0 Å². The zero-order valence-corrected chi connectivity index (χ0v) is 12.9. The molecule has 0 heterocycles.